The molecule has 7 nitrogen and oxygen atoms in total. The van der Waals surface area contributed by atoms with Crippen molar-refractivity contribution >= 4 is 29.0 Å². The summed E-state index contributed by atoms with van der Waals surface area (Å²) in [6.07, 6.45) is 4.58. The predicted molar refractivity (Wildman–Crippen MR) is 119 cm³/mol. The van der Waals surface area contributed by atoms with Crippen LogP contribution in [0.15, 0.2) is 29.6 Å². The summed E-state index contributed by atoms with van der Waals surface area (Å²) in [5, 5.41) is 8.02. The third kappa shape index (κ3) is 4.87. The van der Waals surface area contributed by atoms with E-state index in [9.17, 15) is 9.59 Å². The highest BCUT2D eigenvalue weighted by molar-refractivity contribution is 7.10. The van der Waals surface area contributed by atoms with Gasteiger partial charge in [0.05, 0.1) is 31.5 Å². The van der Waals surface area contributed by atoms with Crippen LogP contribution in [0.5, 0.6) is 11.5 Å². The fourth-order valence-electron chi connectivity index (χ4n) is 3.88. The van der Waals surface area contributed by atoms with E-state index in [0.29, 0.717) is 28.7 Å². The number of amides is 3. The Morgan fingerprint density at radius 1 is 1.13 bits per heavy atom. The molecule has 3 rings (SSSR count). The number of hydrogen-bond acceptors (Lipinski definition) is 5. The molecule has 1 aliphatic carbocycles. The van der Waals surface area contributed by atoms with E-state index >= 15 is 0 Å². The lowest BCUT2D eigenvalue weighted by molar-refractivity contribution is 0.0828. The Morgan fingerprint density at radius 2 is 1.80 bits per heavy atom. The standard InChI is InChI=1S/C22H29N3O4S/c1-25(2)21(26)15-12-17(28-3)18(29-4)13-16(15)23-22(27)24-20(14-8-5-6-9-14)19-10-7-11-30-19/h7,10-14,20H,5-6,8-9H2,1-4H3,(H2,23,24,27)/t20-/m1/s1. The normalized spacial score (nSPS) is 14.8. The van der Waals surface area contributed by atoms with Crippen LogP contribution in [0, 0.1) is 5.92 Å². The second kappa shape index (κ2) is 9.84. The number of nitrogens with zero attached hydrogens (tertiary/aromatic N) is 1. The van der Waals surface area contributed by atoms with Crippen molar-refractivity contribution in [3.8, 4) is 11.5 Å². The minimum absolute atomic E-state index is 0.0411. The smallest absolute Gasteiger partial charge is 0.319 e. The van der Waals surface area contributed by atoms with E-state index < -0.39 is 0 Å². The molecule has 2 aromatic rings. The molecule has 0 radical (unpaired) electrons. The zero-order valence-electron chi connectivity index (χ0n) is 17.9. The molecule has 1 atom stereocenters. The number of ether oxygens (including phenoxy) is 2. The van der Waals surface area contributed by atoms with Gasteiger partial charge in [-0.25, -0.2) is 4.79 Å². The number of methoxy groups -OCH3 is 2. The van der Waals surface area contributed by atoms with Gasteiger partial charge in [0.15, 0.2) is 11.5 Å². The van der Waals surface area contributed by atoms with Crippen LogP contribution >= 0.6 is 11.3 Å². The maximum atomic E-state index is 13.0. The van der Waals surface area contributed by atoms with E-state index in [1.165, 1.54) is 32.0 Å². The molecule has 3 amide bonds. The number of carbonyl (C=O) groups is 2. The summed E-state index contributed by atoms with van der Waals surface area (Å²) < 4.78 is 10.7. The molecule has 1 aromatic heterocycles. The second-order valence-electron chi connectivity index (χ2n) is 7.59. The lowest BCUT2D eigenvalue weighted by Crippen LogP contribution is -2.36. The Balaban J connectivity index is 1.86. The fraction of sp³-hybridized carbons (Fsp3) is 0.455. The number of thiophene rings is 1. The van der Waals surface area contributed by atoms with E-state index in [4.69, 9.17) is 9.47 Å². The Bertz CT molecular complexity index is 877. The van der Waals surface area contributed by atoms with Crippen LogP contribution < -0.4 is 20.1 Å². The Morgan fingerprint density at radius 3 is 2.37 bits per heavy atom. The van der Waals surface area contributed by atoms with Gasteiger partial charge in [0.25, 0.3) is 5.91 Å². The maximum absolute atomic E-state index is 13.0. The summed E-state index contributed by atoms with van der Waals surface area (Å²) in [6, 6.07) is 6.88. The molecular formula is C22H29N3O4S. The quantitative estimate of drug-likeness (QED) is 0.675. The summed E-state index contributed by atoms with van der Waals surface area (Å²) in [6.45, 7) is 0. The molecule has 1 heterocycles. The van der Waals surface area contributed by atoms with Crippen molar-refractivity contribution in [1.29, 1.82) is 0 Å². The Hall–Kier alpha value is -2.74. The van der Waals surface area contributed by atoms with Crippen LogP contribution in [0.2, 0.25) is 0 Å². The molecule has 1 fully saturated rings. The van der Waals surface area contributed by atoms with Gasteiger partial charge < -0.3 is 25.0 Å². The molecule has 30 heavy (non-hydrogen) atoms. The average Bonchev–Trinajstić information content (AvgIpc) is 3.45. The van der Waals surface area contributed by atoms with Crippen molar-refractivity contribution in [2.75, 3.05) is 33.6 Å². The molecule has 1 aliphatic rings. The van der Waals surface area contributed by atoms with E-state index in [0.717, 1.165) is 17.7 Å². The minimum atomic E-state index is -0.347. The zero-order valence-corrected chi connectivity index (χ0v) is 18.7. The first-order valence-corrected chi connectivity index (χ1v) is 10.9. The van der Waals surface area contributed by atoms with Crippen LogP contribution in [0.4, 0.5) is 10.5 Å². The Kier molecular flexibility index (Phi) is 7.20. The van der Waals surface area contributed by atoms with E-state index in [1.54, 1.807) is 37.6 Å². The molecule has 0 unspecified atom stereocenters. The van der Waals surface area contributed by atoms with Crippen molar-refractivity contribution in [3.63, 3.8) is 0 Å². The highest BCUT2D eigenvalue weighted by atomic mass is 32.1. The van der Waals surface area contributed by atoms with Gasteiger partial charge in [-0.15, -0.1) is 11.3 Å². The molecule has 0 spiro atoms. The van der Waals surface area contributed by atoms with Crippen LogP contribution in [-0.2, 0) is 0 Å². The molecule has 0 saturated heterocycles. The topological polar surface area (TPSA) is 79.9 Å². The van der Waals surface area contributed by atoms with Gasteiger partial charge in [0.1, 0.15) is 0 Å². The van der Waals surface area contributed by atoms with Gasteiger partial charge >= 0.3 is 6.03 Å². The van der Waals surface area contributed by atoms with Gasteiger partial charge in [-0.3, -0.25) is 4.79 Å². The largest absolute Gasteiger partial charge is 0.493 e. The summed E-state index contributed by atoms with van der Waals surface area (Å²) in [7, 11) is 6.35. The number of anilines is 1. The van der Waals surface area contributed by atoms with Gasteiger partial charge in [-0.05, 0) is 36.3 Å². The van der Waals surface area contributed by atoms with Crippen molar-refractivity contribution in [2.45, 2.75) is 31.7 Å². The van der Waals surface area contributed by atoms with Gasteiger partial charge in [0, 0.05) is 25.0 Å². The van der Waals surface area contributed by atoms with Crippen LogP contribution in [0.25, 0.3) is 0 Å². The average molecular weight is 432 g/mol. The summed E-state index contributed by atoms with van der Waals surface area (Å²) in [4.78, 5) is 28.3. The number of carbonyl (C=O) groups excluding carboxylic acids is 2. The molecule has 1 aromatic carbocycles. The molecule has 8 heteroatoms. The summed E-state index contributed by atoms with van der Waals surface area (Å²) in [5.74, 6) is 1.05. The monoisotopic (exact) mass is 431 g/mol. The lowest BCUT2D eigenvalue weighted by atomic mass is 9.97. The first kappa shape index (κ1) is 22.0. The summed E-state index contributed by atoms with van der Waals surface area (Å²) in [5.41, 5.74) is 0.710. The third-order valence-electron chi connectivity index (χ3n) is 5.42. The first-order chi connectivity index (χ1) is 14.4. The molecular weight excluding hydrogens is 402 g/mol. The second-order valence-corrected chi connectivity index (χ2v) is 8.57. The van der Waals surface area contributed by atoms with Gasteiger partial charge in [0.2, 0.25) is 0 Å². The van der Waals surface area contributed by atoms with Crippen LogP contribution in [0.3, 0.4) is 0 Å². The molecule has 162 valence electrons. The molecule has 1 saturated carbocycles. The number of benzene rings is 1. The van der Waals surface area contributed by atoms with Crippen molar-refractivity contribution in [1.82, 2.24) is 10.2 Å². The van der Waals surface area contributed by atoms with E-state index in [-0.39, 0.29) is 18.0 Å². The van der Waals surface area contributed by atoms with Gasteiger partial charge in [-0.1, -0.05) is 18.9 Å². The fourth-order valence-corrected chi connectivity index (χ4v) is 4.75. The SMILES string of the molecule is COc1cc(NC(=O)N[C@@H](c2cccs2)C2CCCC2)c(C(=O)N(C)C)cc1OC. The van der Waals surface area contributed by atoms with E-state index in [1.807, 2.05) is 11.4 Å². The molecule has 0 aliphatic heterocycles. The van der Waals surface area contributed by atoms with E-state index in [2.05, 4.69) is 16.7 Å². The van der Waals surface area contributed by atoms with Crippen LogP contribution in [0.1, 0.15) is 47.0 Å². The van der Waals surface area contributed by atoms with Crippen molar-refractivity contribution in [3.05, 3.63) is 40.1 Å². The Labute approximate surface area is 181 Å². The lowest BCUT2D eigenvalue weighted by Gasteiger charge is -2.24. The predicted octanol–water partition coefficient (Wildman–Crippen LogP) is 4.52. The van der Waals surface area contributed by atoms with Crippen LogP contribution in [-0.4, -0.2) is 45.2 Å². The summed E-state index contributed by atoms with van der Waals surface area (Å²) >= 11 is 1.65. The molecule has 0 bridgehead atoms. The van der Waals surface area contributed by atoms with Crippen molar-refractivity contribution < 1.29 is 19.1 Å². The maximum Gasteiger partial charge on any atom is 0.319 e. The number of urea groups is 1. The minimum Gasteiger partial charge on any atom is -0.493 e. The number of nitrogens with one attached hydrogen (secondary N) is 2. The first-order valence-electron chi connectivity index (χ1n) is 10.0. The highest BCUT2D eigenvalue weighted by Gasteiger charge is 2.29. The molecule has 2 N–H and O–H groups in total. The third-order valence-corrected chi connectivity index (χ3v) is 6.37. The number of rotatable bonds is 7. The zero-order chi connectivity index (χ0) is 21.7. The highest BCUT2D eigenvalue weighted by Crippen LogP contribution is 2.38. The number of hydrogen-bond donors (Lipinski definition) is 2. The van der Waals surface area contributed by atoms with Crippen molar-refractivity contribution in [2.24, 2.45) is 5.92 Å². The van der Waals surface area contributed by atoms with Gasteiger partial charge in [-0.2, -0.15) is 0 Å².